The lowest BCUT2D eigenvalue weighted by Gasteiger charge is -2.13. The van der Waals surface area contributed by atoms with Gasteiger partial charge in [0.2, 0.25) is 0 Å². The van der Waals surface area contributed by atoms with Crippen molar-refractivity contribution in [1.82, 2.24) is 4.98 Å². The van der Waals surface area contributed by atoms with Gasteiger partial charge >= 0.3 is 0 Å². The van der Waals surface area contributed by atoms with Crippen LogP contribution in [0.1, 0.15) is 36.5 Å². The van der Waals surface area contributed by atoms with E-state index in [1.54, 1.807) is 0 Å². The summed E-state index contributed by atoms with van der Waals surface area (Å²) in [5.74, 6) is 0.535. The first-order valence-corrected chi connectivity index (χ1v) is 8.93. The van der Waals surface area contributed by atoms with Crippen LogP contribution >= 0.6 is 0 Å². The third-order valence-corrected chi connectivity index (χ3v) is 4.93. The molecule has 0 radical (unpaired) electrons. The fourth-order valence-corrected chi connectivity index (χ4v) is 3.71. The summed E-state index contributed by atoms with van der Waals surface area (Å²) in [6, 6.07) is 20.1. The fraction of sp³-hybridized carbons (Fsp3) is 0.208. The Labute approximate surface area is 149 Å². The van der Waals surface area contributed by atoms with Crippen molar-refractivity contribution in [3.63, 3.8) is 0 Å². The summed E-state index contributed by atoms with van der Waals surface area (Å²) < 4.78 is 0. The summed E-state index contributed by atoms with van der Waals surface area (Å²) in [5, 5.41) is 5.07. The van der Waals surface area contributed by atoms with Crippen molar-refractivity contribution in [3.8, 4) is 11.3 Å². The van der Waals surface area contributed by atoms with E-state index in [0.29, 0.717) is 5.92 Å². The molecule has 0 spiro atoms. The molecule has 0 atom stereocenters. The van der Waals surface area contributed by atoms with Gasteiger partial charge in [-0.1, -0.05) is 61.4 Å². The summed E-state index contributed by atoms with van der Waals surface area (Å²) in [4.78, 5) is 4.77. The molecule has 1 heterocycles. The largest absolute Gasteiger partial charge is 0.256 e. The Morgan fingerprint density at radius 3 is 2.20 bits per heavy atom. The number of hydrogen-bond acceptors (Lipinski definition) is 1. The Hall–Kier alpha value is -2.67. The Morgan fingerprint density at radius 1 is 0.760 bits per heavy atom. The van der Waals surface area contributed by atoms with Gasteiger partial charge in [0, 0.05) is 17.1 Å². The molecule has 0 unspecified atom stereocenters. The molecule has 124 valence electrons. The van der Waals surface area contributed by atoms with Crippen LogP contribution in [0.15, 0.2) is 60.8 Å². The maximum atomic E-state index is 4.77. The van der Waals surface area contributed by atoms with Gasteiger partial charge in [0.05, 0.1) is 5.69 Å². The second kappa shape index (κ2) is 6.00. The molecular weight excluding hydrogens is 302 g/mol. The van der Waals surface area contributed by atoms with Crippen LogP contribution in [0.5, 0.6) is 0 Å². The molecule has 0 bridgehead atoms. The van der Waals surface area contributed by atoms with E-state index < -0.39 is 0 Å². The average molecular weight is 325 g/mol. The van der Waals surface area contributed by atoms with Crippen LogP contribution in [0, 0.1) is 13.8 Å². The highest BCUT2D eigenvalue weighted by Gasteiger charge is 2.11. The van der Waals surface area contributed by atoms with E-state index in [9.17, 15) is 0 Å². The number of hydrogen-bond donors (Lipinski definition) is 0. The van der Waals surface area contributed by atoms with Crippen LogP contribution in [-0.2, 0) is 0 Å². The molecule has 0 aliphatic rings. The van der Waals surface area contributed by atoms with Gasteiger partial charge in [-0.25, -0.2) is 0 Å². The number of aryl methyl sites for hydroxylation is 2. The Kier molecular flexibility index (Phi) is 3.80. The van der Waals surface area contributed by atoms with E-state index in [0.717, 1.165) is 5.69 Å². The number of aromatic nitrogens is 1. The van der Waals surface area contributed by atoms with Gasteiger partial charge in [-0.2, -0.15) is 0 Å². The van der Waals surface area contributed by atoms with Gasteiger partial charge in [0.15, 0.2) is 0 Å². The second-order valence-corrected chi connectivity index (χ2v) is 7.33. The van der Waals surface area contributed by atoms with Crippen LogP contribution in [0.3, 0.4) is 0 Å². The monoisotopic (exact) mass is 325 g/mol. The normalized spacial score (nSPS) is 11.6. The van der Waals surface area contributed by atoms with E-state index in [1.807, 2.05) is 6.20 Å². The zero-order chi connectivity index (χ0) is 17.6. The molecular formula is C24H23N. The minimum absolute atomic E-state index is 0.535. The summed E-state index contributed by atoms with van der Waals surface area (Å²) in [6.07, 6.45) is 1.92. The van der Waals surface area contributed by atoms with E-state index in [4.69, 9.17) is 4.98 Å². The standard InChI is InChI=1S/C24H23N/c1-15(2)19-7-8-22-20(14-19)6-5-18-9-10-25-24(23(18)22)21-12-16(3)11-17(4)13-21/h5-15H,1-4H3. The van der Waals surface area contributed by atoms with Crippen molar-refractivity contribution in [1.29, 1.82) is 0 Å². The molecule has 1 aromatic heterocycles. The predicted molar refractivity (Wildman–Crippen MR) is 108 cm³/mol. The molecule has 1 heteroatoms. The van der Waals surface area contributed by atoms with Crippen LogP contribution in [0.4, 0.5) is 0 Å². The van der Waals surface area contributed by atoms with Crippen molar-refractivity contribution >= 4 is 21.5 Å². The highest BCUT2D eigenvalue weighted by atomic mass is 14.7. The minimum atomic E-state index is 0.535. The van der Waals surface area contributed by atoms with Gasteiger partial charge in [0.25, 0.3) is 0 Å². The molecule has 0 aliphatic heterocycles. The van der Waals surface area contributed by atoms with Crippen molar-refractivity contribution < 1.29 is 0 Å². The maximum Gasteiger partial charge on any atom is 0.0786 e. The summed E-state index contributed by atoms with van der Waals surface area (Å²) in [6.45, 7) is 8.78. The van der Waals surface area contributed by atoms with Crippen LogP contribution in [-0.4, -0.2) is 4.98 Å². The van der Waals surface area contributed by atoms with E-state index >= 15 is 0 Å². The average Bonchev–Trinajstić information content (AvgIpc) is 2.59. The SMILES string of the molecule is Cc1cc(C)cc(-c2nccc3ccc4cc(C(C)C)ccc4c23)c1. The zero-order valence-corrected chi connectivity index (χ0v) is 15.3. The molecule has 0 saturated carbocycles. The summed E-state index contributed by atoms with van der Waals surface area (Å²) >= 11 is 0. The highest BCUT2D eigenvalue weighted by Crippen LogP contribution is 2.34. The van der Waals surface area contributed by atoms with Crippen molar-refractivity contribution in [2.24, 2.45) is 0 Å². The van der Waals surface area contributed by atoms with Crippen molar-refractivity contribution in [3.05, 3.63) is 77.5 Å². The molecule has 4 rings (SSSR count). The first kappa shape index (κ1) is 15.8. The lowest BCUT2D eigenvalue weighted by atomic mass is 9.93. The van der Waals surface area contributed by atoms with Crippen LogP contribution < -0.4 is 0 Å². The molecule has 0 fully saturated rings. The molecule has 4 aromatic rings. The van der Waals surface area contributed by atoms with Crippen LogP contribution in [0.2, 0.25) is 0 Å². The van der Waals surface area contributed by atoms with Gasteiger partial charge in [-0.05, 0) is 59.7 Å². The molecule has 0 amide bonds. The third-order valence-electron chi connectivity index (χ3n) is 4.93. The molecule has 25 heavy (non-hydrogen) atoms. The minimum Gasteiger partial charge on any atom is -0.256 e. The topological polar surface area (TPSA) is 12.9 Å². The lowest BCUT2D eigenvalue weighted by Crippen LogP contribution is -1.91. The van der Waals surface area contributed by atoms with Gasteiger partial charge < -0.3 is 0 Å². The highest BCUT2D eigenvalue weighted by molar-refractivity contribution is 6.13. The van der Waals surface area contributed by atoms with E-state index in [-0.39, 0.29) is 0 Å². The summed E-state index contributed by atoms with van der Waals surface area (Å²) in [7, 11) is 0. The van der Waals surface area contributed by atoms with E-state index in [2.05, 4.69) is 82.3 Å². The maximum absolute atomic E-state index is 4.77. The summed E-state index contributed by atoms with van der Waals surface area (Å²) in [5.41, 5.74) is 6.20. The van der Waals surface area contributed by atoms with Crippen LogP contribution in [0.25, 0.3) is 32.8 Å². The smallest absolute Gasteiger partial charge is 0.0786 e. The Bertz CT molecular complexity index is 1070. The molecule has 0 saturated heterocycles. The fourth-order valence-electron chi connectivity index (χ4n) is 3.71. The Balaban J connectivity index is 2.07. The number of fused-ring (bicyclic) bond motifs is 3. The quantitative estimate of drug-likeness (QED) is 0.369. The number of benzene rings is 3. The van der Waals surface area contributed by atoms with Gasteiger partial charge in [-0.15, -0.1) is 0 Å². The van der Waals surface area contributed by atoms with Gasteiger partial charge in [0.1, 0.15) is 0 Å². The number of rotatable bonds is 2. The molecule has 1 nitrogen and oxygen atoms in total. The number of pyridine rings is 1. The molecule has 3 aromatic carbocycles. The van der Waals surface area contributed by atoms with Gasteiger partial charge in [-0.3, -0.25) is 4.98 Å². The predicted octanol–water partition coefficient (Wildman–Crippen LogP) is 6.80. The first-order chi connectivity index (χ1) is 12.0. The first-order valence-electron chi connectivity index (χ1n) is 8.93. The van der Waals surface area contributed by atoms with Crippen molar-refractivity contribution in [2.45, 2.75) is 33.6 Å². The van der Waals surface area contributed by atoms with E-state index in [1.165, 1.54) is 43.8 Å². The second-order valence-electron chi connectivity index (χ2n) is 7.33. The lowest BCUT2D eigenvalue weighted by molar-refractivity contribution is 0.869. The number of nitrogens with zero attached hydrogens (tertiary/aromatic N) is 1. The molecule has 0 aliphatic carbocycles. The third kappa shape index (κ3) is 2.80. The van der Waals surface area contributed by atoms with Crippen molar-refractivity contribution in [2.75, 3.05) is 0 Å². The Morgan fingerprint density at radius 2 is 1.48 bits per heavy atom. The zero-order valence-electron chi connectivity index (χ0n) is 15.3. The molecule has 0 N–H and O–H groups in total.